The second-order valence-corrected chi connectivity index (χ2v) is 9.63. The van der Waals surface area contributed by atoms with Crippen molar-refractivity contribution in [1.29, 1.82) is 5.26 Å². The van der Waals surface area contributed by atoms with Crippen molar-refractivity contribution in [2.24, 2.45) is 0 Å². The Hall–Kier alpha value is -3.73. The van der Waals surface area contributed by atoms with Crippen LogP contribution in [0.15, 0.2) is 89.5 Å². The van der Waals surface area contributed by atoms with Crippen LogP contribution in [0.3, 0.4) is 0 Å². The smallest absolute Gasteiger partial charge is 0.264 e. The highest BCUT2D eigenvalue weighted by atomic mass is 35.5. The number of rotatable bonds is 8. The molecule has 0 bridgehead atoms. The van der Waals surface area contributed by atoms with Crippen LogP contribution in [-0.2, 0) is 22.6 Å². The monoisotopic (exact) mass is 517 g/mol. The summed E-state index contributed by atoms with van der Waals surface area (Å²) in [7, 11) is 0. The minimum absolute atomic E-state index is 0.105. The highest BCUT2D eigenvalue weighted by Gasteiger charge is 2.40. The van der Waals surface area contributed by atoms with Crippen LogP contribution in [0.4, 0.5) is 5.69 Å². The lowest BCUT2D eigenvalue weighted by atomic mass is 10.1. The summed E-state index contributed by atoms with van der Waals surface area (Å²) in [6.07, 6.45) is 0.408. The first-order valence-corrected chi connectivity index (χ1v) is 12.7. The number of nitrogens with zero attached hydrogens (tertiary/aromatic N) is 2. The van der Waals surface area contributed by atoms with Crippen molar-refractivity contribution in [3.8, 4) is 11.8 Å². The van der Waals surface area contributed by atoms with Gasteiger partial charge in [-0.15, -0.1) is 0 Å². The first-order chi connectivity index (χ1) is 17.5. The number of benzene rings is 3. The molecule has 8 heteroatoms. The summed E-state index contributed by atoms with van der Waals surface area (Å²) >= 11 is 7.36. The van der Waals surface area contributed by atoms with Gasteiger partial charge in [0.2, 0.25) is 5.91 Å². The molecule has 182 valence electrons. The van der Waals surface area contributed by atoms with Crippen LogP contribution in [0.5, 0.6) is 5.75 Å². The number of thioether (sulfide) groups is 1. The Labute approximate surface area is 219 Å². The third kappa shape index (κ3) is 5.91. The van der Waals surface area contributed by atoms with E-state index in [0.29, 0.717) is 34.5 Å². The van der Waals surface area contributed by atoms with E-state index in [1.165, 1.54) is 16.7 Å². The summed E-state index contributed by atoms with van der Waals surface area (Å²) in [6, 6.07) is 25.8. The minimum atomic E-state index is -0.531. The second-order valence-electron chi connectivity index (χ2n) is 8.00. The van der Waals surface area contributed by atoms with Crippen LogP contribution in [0.25, 0.3) is 0 Å². The lowest BCUT2D eigenvalue weighted by molar-refractivity contribution is -0.117. The van der Waals surface area contributed by atoms with Gasteiger partial charge in [0.05, 0.1) is 11.9 Å². The molecule has 36 heavy (non-hydrogen) atoms. The Morgan fingerprint density at radius 1 is 1.08 bits per heavy atom. The van der Waals surface area contributed by atoms with Crippen LogP contribution in [0.1, 0.15) is 18.1 Å². The van der Waals surface area contributed by atoms with Gasteiger partial charge in [-0.1, -0.05) is 65.8 Å². The zero-order valence-corrected chi connectivity index (χ0v) is 21.2. The normalized spacial score (nSPS) is 16.4. The topological polar surface area (TPSA) is 82.4 Å². The largest absolute Gasteiger partial charge is 0.494 e. The fraction of sp³-hybridized carbons (Fsp3) is 0.179. The molecular weight excluding hydrogens is 494 g/mol. The molecule has 3 aromatic rings. The van der Waals surface area contributed by atoms with Crippen molar-refractivity contribution in [3.05, 3.63) is 106 Å². The quantitative estimate of drug-likeness (QED) is 0.316. The van der Waals surface area contributed by atoms with Crippen molar-refractivity contribution in [2.45, 2.75) is 25.1 Å². The SMILES string of the molecule is CCOc1ccc(N2C(=O)C(Cc3cccc(Cl)c3)S/C2=C(/C#N)C(=O)NCc2ccccc2)cc1. The number of hydrogen-bond acceptors (Lipinski definition) is 5. The summed E-state index contributed by atoms with van der Waals surface area (Å²) in [6.45, 7) is 2.68. The van der Waals surface area contributed by atoms with Gasteiger partial charge in [0.15, 0.2) is 0 Å². The van der Waals surface area contributed by atoms with E-state index in [4.69, 9.17) is 16.3 Å². The molecule has 1 saturated heterocycles. The van der Waals surface area contributed by atoms with Gasteiger partial charge < -0.3 is 10.1 Å². The van der Waals surface area contributed by atoms with E-state index in [1.54, 1.807) is 30.3 Å². The maximum atomic E-state index is 13.6. The van der Waals surface area contributed by atoms with Crippen molar-refractivity contribution >= 4 is 40.9 Å². The molecule has 1 fully saturated rings. The molecule has 1 unspecified atom stereocenters. The van der Waals surface area contributed by atoms with Gasteiger partial charge in [-0.3, -0.25) is 14.5 Å². The van der Waals surface area contributed by atoms with Gasteiger partial charge in [0, 0.05) is 17.3 Å². The third-order valence-corrected chi connectivity index (χ3v) is 7.02. The van der Waals surface area contributed by atoms with Gasteiger partial charge >= 0.3 is 0 Å². The van der Waals surface area contributed by atoms with Gasteiger partial charge in [-0.2, -0.15) is 5.26 Å². The Kier molecular flexibility index (Phi) is 8.32. The molecule has 0 aliphatic carbocycles. The molecule has 1 heterocycles. The maximum Gasteiger partial charge on any atom is 0.264 e. The Morgan fingerprint density at radius 2 is 1.81 bits per heavy atom. The molecule has 0 radical (unpaired) electrons. The molecule has 1 aliphatic rings. The van der Waals surface area contributed by atoms with E-state index in [2.05, 4.69) is 5.32 Å². The van der Waals surface area contributed by atoms with Gasteiger partial charge in [0.25, 0.3) is 5.91 Å². The predicted molar refractivity (Wildman–Crippen MR) is 143 cm³/mol. The Balaban J connectivity index is 1.67. The predicted octanol–water partition coefficient (Wildman–Crippen LogP) is 5.48. The number of nitrogens with one attached hydrogen (secondary N) is 1. The number of carbonyl (C=O) groups is 2. The Bertz CT molecular complexity index is 1320. The molecular formula is C28H24ClN3O3S. The summed E-state index contributed by atoms with van der Waals surface area (Å²) in [5.74, 6) is -0.0681. The number of amides is 2. The number of anilines is 1. The molecule has 1 N–H and O–H groups in total. The average Bonchev–Trinajstić information content (AvgIpc) is 3.20. The van der Waals surface area contributed by atoms with Gasteiger partial charge in [-0.25, -0.2) is 0 Å². The van der Waals surface area contributed by atoms with E-state index in [1.807, 2.05) is 61.5 Å². The summed E-state index contributed by atoms with van der Waals surface area (Å²) in [5, 5.41) is 13.2. The van der Waals surface area contributed by atoms with Gasteiger partial charge in [-0.05, 0) is 60.9 Å². The summed E-state index contributed by atoms with van der Waals surface area (Å²) in [4.78, 5) is 28.1. The molecule has 0 spiro atoms. The van der Waals surface area contributed by atoms with Crippen molar-refractivity contribution in [3.63, 3.8) is 0 Å². The van der Waals surface area contributed by atoms with Crippen LogP contribution in [0.2, 0.25) is 5.02 Å². The number of nitriles is 1. The van der Waals surface area contributed by atoms with Crippen molar-refractivity contribution in [1.82, 2.24) is 5.32 Å². The molecule has 3 aromatic carbocycles. The van der Waals surface area contributed by atoms with E-state index in [-0.39, 0.29) is 18.0 Å². The first kappa shape index (κ1) is 25.4. The van der Waals surface area contributed by atoms with E-state index >= 15 is 0 Å². The van der Waals surface area contributed by atoms with Crippen LogP contribution >= 0.6 is 23.4 Å². The van der Waals surface area contributed by atoms with Crippen LogP contribution in [-0.4, -0.2) is 23.7 Å². The van der Waals surface area contributed by atoms with E-state index in [9.17, 15) is 14.9 Å². The van der Waals surface area contributed by atoms with Gasteiger partial charge in [0.1, 0.15) is 22.4 Å². The fourth-order valence-corrected chi connectivity index (χ4v) is 5.35. The van der Waals surface area contributed by atoms with Crippen LogP contribution in [0, 0.1) is 11.3 Å². The van der Waals surface area contributed by atoms with Crippen molar-refractivity contribution < 1.29 is 14.3 Å². The molecule has 6 nitrogen and oxygen atoms in total. The summed E-state index contributed by atoms with van der Waals surface area (Å²) in [5.41, 5.74) is 2.26. The van der Waals surface area contributed by atoms with E-state index in [0.717, 1.165) is 11.1 Å². The average molecular weight is 518 g/mol. The van der Waals surface area contributed by atoms with E-state index < -0.39 is 11.2 Å². The zero-order chi connectivity index (χ0) is 25.5. The molecule has 4 rings (SSSR count). The van der Waals surface area contributed by atoms with Crippen molar-refractivity contribution in [2.75, 3.05) is 11.5 Å². The molecule has 1 aliphatic heterocycles. The number of halogens is 1. The number of ether oxygens (including phenoxy) is 1. The highest BCUT2D eigenvalue weighted by molar-refractivity contribution is 8.05. The zero-order valence-electron chi connectivity index (χ0n) is 19.6. The standard InChI is InChI=1S/C28H24ClN3O3S/c1-2-35-23-13-11-22(12-14-23)32-27(34)25(16-20-9-6-10-21(29)15-20)36-28(32)24(17-30)26(33)31-18-19-7-4-3-5-8-19/h3-15,25H,2,16,18H2,1H3,(H,31,33)/b28-24-. The third-order valence-electron chi connectivity index (χ3n) is 5.52. The fourth-order valence-electron chi connectivity index (χ4n) is 3.82. The maximum absolute atomic E-state index is 13.6. The summed E-state index contributed by atoms with van der Waals surface area (Å²) < 4.78 is 5.52. The van der Waals surface area contributed by atoms with Crippen LogP contribution < -0.4 is 15.0 Å². The minimum Gasteiger partial charge on any atom is -0.494 e. The molecule has 0 saturated carbocycles. The number of carbonyl (C=O) groups excluding carboxylic acids is 2. The highest BCUT2D eigenvalue weighted by Crippen LogP contribution is 2.42. The first-order valence-electron chi connectivity index (χ1n) is 11.4. The Morgan fingerprint density at radius 3 is 2.47 bits per heavy atom. The molecule has 1 atom stereocenters. The lowest BCUT2D eigenvalue weighted by Gasteiger charge is -2.19. The lowest BCUT2D eigenvalue weighted by Crippen LogP contribution is -2.32. The second kappa shape index (κ2) is 11.8. The molecule has 0 aromatic heterocycles. The molecule has 2 amide bonds. The number of hydrogen-bond donors (Lipinski definition) is 1.